The first-order valence-electron chi connectivity index (χ1n) is 11.7. The first-order chi connectivity index (χ1) is 17.6. The zero-order chi connectivity index (χ0) is 26.7. The Kier molecular flexibility index (Phi) is 6.89. The molecule has 1 unspecified atom stereocenters. The molecule has 1 amide bonds. The van der Waals surface area contributed by atoms with Crippen molar-refractivity contribution in [3.63, 3.8) is 0 Å². The highest BCUT2D eigenvalue weighted by atomic mass is 16.6. The van der Waals surface area contributed by atoms with E-state index < -0.39 is 11.6 Å². The second-order valence-electron chi connectivity index (χ2n) is 9.65. The van der Waals surface area contributed by atoms with Gasteiger partial charge in [-0.05, 0) is 63.6 Å². The molecule has 0 radical (unpaired) electrons. The van der Waals surface area contributed by atoms with E-state index in [0.29, 0.717) is 16.9 Å². The number of benzene rings is 1. The van der Waals surface area contributed by atoms with Crippen LogP contribution >= 0.6 is 0 Å². The van der Waals surface area contributed by atoms with Gasteiger partial charge in [-0.25, -0.2) is 4.98 Å². The predicted octanol–water partition coefficient (Wildman–Crippen LogP) is 5.87. The van der Waals surface area contributed by atoms with E-state index in [0.717, 1.165) is 27.6 Å². The Hall–Kier alpha value is -4.77. The average Bonchev–Trinajstić information content (AvgIpc) is 3.27. The van der Waals surface area contributed by atoms with Crippen molar-refractivity contribution in [2.24, 2.45) is 5.41 Å². The summed E-state index contributed by atoms with van der Waals surface area (Å²) in [6.07, 6.45) is 7.42. The summed E-state index contributed by atoms with van der Waals surface area (Å²) in [5.41, 5.74) is 4.25. The van der Waals surface area contributed by atoms with Gasteiger partial charge in [-0.2, -0.15) is 5.26 Å². The lowest BCUT2D eigenvalue weighted by Gasteiger charge is -2.22. The van der Waals surface area contributed by atoms with Crippen molar-refractivity contribution in [3.05, 3.63) is 79.4 Å². The van der Waals surface area contributed by atoms with Crippen molar-refractivity contribution in [1.29, 1.82) is 5.26 Å². The molecule has 1 atom stereocenters. The average molecular weight is 494 g/mol. The number of pyridine rings is 2. The standard InChI is InChI=1S/C29H27N5O3/c1-6-26(35)33-23-11-21(14-31-16-23)22-12-24-25(20-9-7-8-19(10-20)13-30)17-34(27(24)32-15-22)18(2)37-28(36)29(3,4)5/h6-12,14-18H,1H2,2-5H3,(H,33,35). The highest BCUT2D eigenvalue weighted by molar-refractivity contribution is 5.99. The number of carbonyl (C=O) groups excluding carboxylic acids is 2. The van der Waals surface area contributed by atoms with Gasteiger partial charge in [0, 0.05) is 40.7 Å². The molecule has 0 saturated carbocycles. The normalized spacial score (nSPS) is 12.0. The number of hydrogen-bond acceptors (Lipinski definition) is 6. The quantitative estimate of drug-likeness (QED) is 0.266. The number of fused-ring (bicyclic) bond motifs is 1. The Morgan fingerprint density at radius 3 is 2.59 bits per heavy atom. The Labute approximate surface area is 215 Å². The third-order valence-corrected chi connectivity index (χ3v) is 5.78. The molecule has 4 aromatic rings. The topological polar surface area (TPSA) is 110 Å². The van der Waals surface area contributed by atoms with Gasteiger partial charge in [0.1, 0.15) is 5.65 Å². The molecule has 0 aliphatic heterocycles. The fraction of sp³-hybridized carbons (Fsp3) is 0.207. The zero-order valence-corrected chi connectivity index (χ0v) is 21.1. The molecular formula is C29H27N5O3. The van der Waals surface area contributed by atoms with E-state index >= 15 is 0 Å². The van der Waals surface area contributed by atoms with Crippen molar-refractivity contribution >= 4 is 28.6 Å². The van der Waals surface area contributed by atoms with Crippen LogP contribution in [0.15, 0.2) is 73.8 Å². The number of nitrogens with one attached hydrogen (secondary N) is 1. The van der Waals surface area contributed by atoms with Gasteiger partial charge in [0.05, 0.1) is 28.9 Å². The van der Waals surface area contributed by atoms with Crippen LogP contribution in [0.1, 0.15) is 39.5 Å². The highest BCUT2D eigenvalue weighted by Crippen LogP contribution is 2.35. The van der Waals surface area contributed by atoms with Gasteiger partial charge in [-0.1, -0.05) is 18.7 Å². The predicted molar refractivity (Wildman–Crippen MR) is 142 cm³/mol. The van der Waals surface area contributed by atoms with Gasteiger partial charge in [-0.3, -0.25) is 19.1 Å². The van der Waals surface area contributed by atoms with Gasteiger partial charge in [0.25, 0.3) is 0 Å². The van der Waals surface area contributed by atoms with E-state index in [-0.39, 0.29) is 11.9 Å². The van der Waals surface area contributed by atoms with Crippen LogP contribution in [0, 0.1) is 16.7 Å². The second-order valence-corrected chi connectivity index (χ2v) is 9.65. The summed E-state index contributed by atoms with van der Waals surface area (Å²) in [5.74, 6) is -0.654. The lowest BCUT2D eigenvalue weighted by Crippen LogP contribution is -2.26. The molecule has 0 aliphatic rings. The number of rotatable bonds is 6. The van der Waals surface area contributed by atoms with Crippen LogP contribution in [0.4, 0.5) is 5.69 Å². The number of esters is 1. The largest absolute Gasteiger partial charge is 0.441 e. The third-order valence-electron chi connectivity index (χ3n) is 5.78. The van der Waals surface area contributed by atoms with Crippen molar-refractivity contribution in [1.82, 2.24) is 14.5 Å². The lowest BCUT2D eigenvalue weighted by atomic mass is 9.97. The van der Waals surface area contributed by atoms with Gasteiger partial charge in [-0.15, -0.1) is 0 Å². The van der Waals surface area contributed by atoms with Crippen LogP contribution in [0.5, 0.6) is 0 Å². The number of ether oxygens (including phenoxy) is 1. The summed E-state index contributed by atoms with van der Waals surface area (Å²) in [6, 6.07) is 13.3. The number of hydrogen-bond donors (Lipinski definition) is 1. The minimum absolute atomic E-state index is 0.323. The molecule has 0 spiro atoms. The van der Waals surface area contributed by atoms with Crippen LogP contribution in [-0.4, -0.2) is 26.4 Å². The summed E-state index contributed by atoms with van der Waals surface area (Å²) in [7, 11) is 0. The van der Waals surface area contributed by atoms with Crippen LogP contribution < -0.4 is 5.32 Å². The van der Waals surface area contributed by atoms with E-state index in [2.05, 4.69) is 22.9 Å². The Morgan fingerprint density at radius 2 is 1.89 bits per heavy atom. The Balaban J connectivity index is 1.85. The molecule has 0 saturated heterocycles. The van der Waals surface area contributed by atoms with Crippen LogP contribution in [-0.2, 0) is 14.3 Å². The monoisotopic (exact) mass is 493 g/mol. The van der Waals surface area contributed by atoms with Crippen LogP contribution in [0.2, 0.25) is 0 Å². The molecule has 0 bridgehead atoms. The number of nitrogens with zero attached hydrogens (tertiary/aromatic N) is 4. The lowest BCUT2D eigenvalue weighted by molar-refractivity contribution is -0.162. The Bertz CT molecular complexity index is 1560. The molecule has 0 aliphatic carbocycles. The molecule has 8 nitrogen and oxygen atoms in total. The molecule has 186 valence electrons. The summed E-state index contributed by atoms with van der Waals surface area (Å²) in [5, 5.41) is 12.9. The van der Waals surface area contributed by atoms with E-state index in [1.165, 1.54) is 6.08 Å². The molecule has 1 N–H and O–H groups in total. The van der Waals surface area contributed by atoms with Crippen molar-refractivity contribution in [3.8, 4) is 28.3 Å². The van der Waals surface area contributed by atoms with Gasteiger partial charge in [0.15, 0.2) is 6.23 Å². The SMILES string of the molecule is C=CC(=O)Nc1cncc(-c2cnc3c(c2)c(-c2cccc(C#N)c2)cn3C(C)OC(=O)C(C)(C)C)c1. The molecule has 37 heavy (non-hydrogen) atoms. The van der Waals surface area contributed by atoms with Crippen LogP contribution in [0.25, 0.3) is 33.3 Å². The summed E-state index contributed by atoms with van der Waals surface area (Å²) < 4.78 is 7.57. The van der Waals surface area contributed by atoms with Gasteiger partial charge >= 0.3 is 5.97 Å². The Morgan fingerprint density at radius 1 is 1.14 bits per heavy atom. The number of carbonyl (C=O) groups is 2. The molecule has 1 aromatic carbocycles. The first-order valence-corrected chi connectivity index (χ1v) is 11.7. The zero-order valence-electron chi connectivity index (χ0n) is 21.1. The number of anilines is 1. The van der Waals surface area contributed by atoms with E-state index in [1.54, 1.807) is 58.4 Å². The maximum absolute atomic E-state index is 12.6. The molecule has 3 heterocycles. The fourth-order valence-corrected chi connectivity index (χ4v) is 3.80. The third kappa shape index (κ3) is 5.41. The van der Waals surface area contributed by atoms with E-state index in [1.807, 2.05) is 35.0 Å². The van der Waals surface area contributed by atoms with Gasteiger partial charge < -0.3 is 10.1 Å². The fourth-order valence-electron chi connectivity index (χ4n) is 3.80. The molecule has 0 fully saturated rings. The number of nitriles is 1. The maximum Gasteiger partial charge on any atom is 0.313 e. The number of amides is 1. The molecule has 8 heteroatoms. The van der Waals surface area contributed by atoms with E-state index in [4.69, 9.17) is 9.72 Å². The molecule has 3 aromatic heterocycles. The second kappa shape index (κ2) is 10.1. The summed E-state index contributed by atoms with van der Waals surface area (Å²) in [4.78, 5) is 33.3. The number of aromatic nitrogens is 3. The molecular weight excluding hydrogens is 466 g/mol. The summed E-state index contributed by atoms with van der Waals surface area (Å²) >= 11 is 0. The first kappa shape index (κ1) is 25.3. The highest BCUT2D eigenvalue weighted by Gasteiger charge is 2.26. The van der Waals surface area contributed by atoms with Crippen LogP contribution in [0.3, 0.4) is 0 Å². The van der Waals surface area contributed by atoms with Crippen molar-refractivity contribution < 1.29 is 14.3 Å². The smallest absolute Gasteiger partial charge is 0.313 e. The summed E-state index contributed by atoms with van der Waals surface area (Å²) in [6.45, 7) is 10.7. The minimum atomic E-state index is -0.652. The van der Waals surface area contributed by atoms with Crippen molar-refractivity contribution in [2.45, 2.75) is 33.9 Å². The maximum atomic E-state index is 12.6. The minimum Gasteiger partial charge on any atom is -0.441 e. The molecule has 4 rings (SSSR count). The van der Waals surface area contributed by atoms with E-state index in [9.17, 15) is 14.9 Å². The van der Waals surface area contributed by atoms with Gasteiger partial charge in [0.2, 0.25) is 5.91 Å². The van der Waals surface area contributed by atoms with Crippen molar-refractivity contribution in [2.75, 3.05) is 5.32 Å².